The van der Waals surface area contributed by atoms with Crippen molar-refractivity contribution in [3.63, 3.8) is 0 Å². The first-order chi connectivity index (χ1) is 8.59. The van der Waals surface area contributed by atoms with Crippen LogP contribution in [0.2, 0.25) is 0 Å². The molecule has 4 unspecified atom stereocenters. The monoisotopic (exact) mass is 252 g/mol. The van der Waals surface area contributed by atoms with Crippen LogP contribution < -0.4 is 11.1 Å². The van der Waals surface area contributed by atoms with Gasteiger partial charge in [-0.25, -0.2) is 0 Å². The van der Waals surface area contributed by atoms with Crippen molar-refractivity contribution < 1.29 is 9.90 Å². The van der Waals surface area contributed by atoms with Crippen LogP contribution in [-0.4, -0.2) is 29.2 Å². The largest absolute Gasteiger partial charge is 0.388 e. The van der Waals surface area contributed by atoms with Crippen LogP contribution in [0.5, 0.6) is 0 Å². The van der Waals surface area contributed by atoms with E-state index in [-0.39, 0.29) is 17.9 Å². The zero-order valence-electron chi connectivity index (χ0n) is 10.9. The molecule has 0 spiro atoms. The van der Waals surface area contributed by atoms with Gasteiger partial charge in [0.25, 0.3) is 0 Å². The van der Waals surface area contributed by atoms with E-state index in [9.17, 15) is 9.90 Å². The zero-order valence-corrected chi connectivity index (χ0v) is 10.9. The van der Waals surface area contributed by atoms with Gasteiger partial charge in [0.15, 0.2) is 0 Å². The Labute approximate surface area is 108 Å². The molecular weight excluding hydrogens is 228 g/mol. The maximum absolute atomic E-state index is 12.2. The smallest absolute Gasteiger partial charge is 0.225 e. The van der Waals surface area contributed by atoms with Gasteiger partial charge < -0.3 is 16.2 Å². The number of fused-ring (bicyclic) bond motifs is 2. The van der Waals surface area contributed by atoms with Gasteiger partial charge in [0.05, 0.1) is 11.5 Å². The van der Waals surface area contributed by atoms with Crippen molar-refractivity contribution in [1.29, 1.82) is 0 Å². The second-order valence-corrected chi connectivity index (χ2v) is 6.59. The molecule has 3 saturated carbocycles. The molecule has 0 aromatic rings. The average molecular weight is 252 g/mol. The molecule has 3 rings (SSSR count). The normalized spacial score (nSPS) is 41.2. The predicted octanol–water partition coefficient (Wildman–Crippen LogP) is 0.781. The Morgan fingerprint density at radius 3 is 2.56 bits per heavy atom. The summed E-state index contributed by atoms with van der Waals surface area (Å²) in [6.45, 7) is 0.409. The Morgan fingerprint density at radius 2 is 1.94 bits per heavy atom. The number of amides is 1. The molecule has 4 atom stereocenters. The van der Waals surface area contributed by atoms with Crippen molar-refractivity contribution in [2.24, 2.45) is 23.5 Å². The quantitative estimate of drug-likeness (QED) is 0.695. The van der Waals surface area contributed by atoms with Crippen LogP contribution in [-0.2, 0) is 4.79 Å². The fraction of sp³-hybridized carbons (Fsp3) is 0.929. The van der Waals surface area contributed by atoms with E-state index in [0.29, 0.717) is 18.4 Å². The second kappa shape index (κ2) is 4.49. The summed E-state index contributed by atoms with van der Waals surface area (Å²) in [5.74, 6) is 1.12. The molecule has 3 aliphatic carbocycles. The number of carbonyl (C=O) groups is 1. The third-order valence-corrected chi connectivity index (χ3v) is 5.41. The molecular formula is C14H24N2O2. The lowest BCUT2D eigenvalue weighted by molar-refractivity contribution is -0.128. The first-order valence-corrected chi connectivity index (χ1v) is 7.35. The molecule has 2 bridgehead atoms. The standard InChI is InChI=1S/C14H24N2O2/c15-12-10-4-3-9(7-10)11(12)13(17)16-8-14(18)5-1-2-6-14/h9-12,18H,1-8,15H2,(H,16,17). The van der Waals surface area contributed by atoms with E-state index in [2.05, 4.69) is 5.32 Å². The number of nitrogens with one attached hydrogen (secondary N) is 1. The van der Waals surface area contributed by atoms with Gasteiger partial charge in [0.2, 0.25) is 5.91 Å². The van der Waals surface area contributed by atoms with Crippen molar-refractivity contribution in [2.45, 2.75) is 56.6 Å². The van der Waals surface area contributed by atoms with Crippen LogP contribution in [0.1, 0.15) is 44.9 Å². The summed E-state index contributed by atoms with van der Waals surface area (Å²) in [6.07, 6.45) is 7.25. The lowest BCUT2D eigenvalue weighted by Gasteiger charge is -2.29. The molecule has 4 nitrogen and oxygen atoms in total. The highest BCUT2D eigenvalue weighted by molar-refractivity contribution is 5.80. The van der Waals surface area contributed by atoms with E-state index in [1.807, 2.05) is 0 Å². The topological polar surface area (TPSA) is 75.4 Å². The van der Waals surface area contributed by atoms with E-state index in [1.165, 1.54) is 6.42 Å². The zero-order chi connectivity index (χ0) is 12.8. The van der Waals surface area contributed by atoms with Gasteiger partial charge in [0, 0.05) is 12.6 Å². The van der Waals surface area contributed by atoms with E-state index in [1.54, 1.807) is 0 Å². The first kappa shape index (κ1) is 12.4. The summed E-state index contributed by atoms with van der Waals surface area (Å²) in [5.41, 5.74) is 5.50. The summed E-state index contributed by atoms with van der Waals surface area (Å²) >= 11 is 0. The van der Waals surface area contributed by atoms with Gasteiger partial charge in [-0.15, -0.1) is 0 Å². The minimum Gasteiger partial charge on any atom is -0.388 e. The van der Waals surface area contributed by atoms with Crippen LogP contribution in [0.4, 0.5) is 0 Å². The summed E-state index contributed by atoms with van der Waals surface area (Å²) in [7, 11) is 0. The molecule has 3 aliphatic rings. The molecule has 0 radical (unpaired) electrons. The molecule has 102 valence electrons. The van der Waals surface area contributed by atoms with E-state index in [0.717, 1.165) is 38.5 Å². The molecule has 0 aromatic carbocycles. The molecule has 1 amide bonds. The third-order valence-electron chi connectivity index (χ3n) is 5.41. The minimum absolute atomic E-state index is 0.00578. The number of nitrogens with two attached hydrogens (primary N) is 1. The van der Waals surface area contributed by atoms with Crippen molar-refractivity contribution >= 4 is 5.91 Å². The number of rotatable bonds is 3. The maximum atomic E-state index is 12.2. The van der Waals surface area contributed by atoms with Crippen LogP contribution in [0.15, 0.2) is 0 Å². The molecule has 18 heavy (non-hydrogen) atoms. The van der Waals surface area contributed by atoms with Gasteiger partial charge in [-0.1, -0.05) is 12.8 Å². The van der Waals surface area contributed by atoms with Gasteiger partial charge in [-0.2, -0.15) is 0 Å². The van der Waals surface area contributed by atoms with Crippen molar-refractivity contribution in [1.82, 2.24) is 5.32 Å². The van der Waals surface area contributed by atoms with Crippen LogP contribution in [0.3, 0.4) is 0 Å². The third kappa shape index (κ3) is 2.05. The molecule has 4 heteroatoms. The predicted molar refractivity (Wildman–Crippen MR) is 68.7 cm³/mol. The SMILES string of the molecule is NC1C2CCC(C2)C1C(=O)NCC1(O)CCCC1. The highest BCUT2D eigenvalue weighted by Crippen LogP contribution is 2.47. The van der Waals surface area contributed by atoms with Crippen LogP contribution in [0, 0.1) is 17.8 Å². The van der Waals surface area contributed by atoms with Gasteiger partial charge >= 0.3 is 0 Å². The van der Waals surface area contributed by atoms with E-state index < -0.39 is 5.60 Å². The first-order valence-electron chi connectivity index (χ1n) is 7.35. The van der Waals surface area contributed by atoms with Crippen LogP contribution in [0.25, 0.3) is 0 Å². The summed E-state index contributed by atoms with van der Waals surface area (Å²) in [6, 6.07) is 0.0435. The molecule has 0 aromatic heterocycles. The number of hydrogen-bond acceptors (Lipinski definition) is 3. The highest BCUT2D eigenvalue weighted by atomic mass is 16.3. The van der Waals surface area contributed by atoms with Gasteiger partial charge in [-0.3, -0.25) is 4.79 Å². The van der Waals surface area contributed by atoms with E-state index >= 15 is 0 Å². The lowest BCUT2D eigenvalue weighted by atomic mass is 9.84. The summed E-state index contributed by atoms with van der Waals surface area (Å²) in [5, 5.41) is 13.2. The number of hydrogen-bond donors (Lipinski definition) is 3. The fourth-order valence-corrected chi connectivity index (χ4v) is 4.30. The maximum Gasteiger partial charge on any atom is 0.225 e. The molecule has 3 fully saturated rings. The second-order valence-electron chi connectivity index (χ2n) is 6.59. The Balaban J connectivity index is 1.55. The van der Waals surface area contributed by atoms with Crippen molar-refractivity contribution in [2.75, 3.05) is 6.54 Å². The Bertz CT molecular complexity index is 337. The van der Waals surface area contributed by atoms with Crippen LogP contribution >= 0.6 is 0 Å². The molecule has 0 aliphatic heterocycles. The van der Waals surface area contributed by atoms with Gasteiger partial charge in [0.1, 0.15) is 0 Å². The minimum atomic E-state index is -0.655. The molecule has 0 saturated heterocycles. The molecule has 0 heterocycles. The Hall–Kier alpha value is -0.610. The Kier molecular flexibility index (Phi) is 3.10. The number of aliphatic hydroxyl groups is 1. The Morgan fingerprint density at radius 1 is 1.28 bits per heavy atom. The van der Waals surface area contributed by atoms with Crippen molar-refractivity contribution in [3.05, 3.63) is 0 Å². The highest BCUT2D eigenvalue weighted by Gasteiger charge is 2.49. The van der Waals surface area contributed by atoms with E-state index in [4.69, 9.17) is 5.73 Å². The summed E-state index contributed by atoms with van der Waals surface area (Å²) in [4.78, 5) is 12.2. The summed E-state index contributed by atoms with van der Waals surface area (Å²) < 4.78 is 0. The average Bonchev–Trinajstić information content (AvgIpc) is 3.02. The molecule has 4 N–H and O–H groups in total. The lowest BCUT2D eigenvalue weighted by Crippen LogP contribution is -2.49. The number of carbonyl (C=O) groups excluding carboxylic acids is 1. The van der Waals surface area contributed by atoms with Gasteiger partial charge in [-0.05, 0) is 43.9 Å². The fourth-order valence-electron chi connectivity index (χ4n) is 4.30. The van der Waals surface area contributed by atoms with Crippen molar-refractivity contribution in [3.8, 4) is 0 Å².